The van der Waals surface area contributed by atoms with Crippen LogP contribution in [0.2, 0.25) is 5.15 Å². The van der Waals surface area contributed by atoms with Gasteiger partial charge in [-0.1, -0.05) is 11.6 Å². The SMILES string of the molecule is O=C(N1N=CCC1c1cc(F)cc(F)c1)C12CC(COc3cnc(Cl)cn3)(C1)C2. The first kappa shape index (κ1) is 18.4. The zero-order valence-corrected chi connectivity index (χ0v) is 16.1. The molecular formula is C20H17ClF2N4O2. The normalized spacial score (nSPS) is 29.3. The van der Waals surface area contributed by atoms with Crippen molar-refractivity contribution >= 4 is 23.7 Å². The summed E-state index contributed by atoms with van der Waals surface area (Å²) < 4.78 is 32.9. The molecule has 0 N–H and O–H groups in total. The van der Waals surface area contributed by atoms with Gasteiger partial charge in [0.25, 0.3) is 0 Å². The van der Waals surface area contributed by atoms with Gasteiger partial charge in [0.2, 0.25) is 11.8 Å². The van der Waals surface area contributed by atoms with Crippen LogP contribution in [-0.4, -0.2) is 33.7 Å². The minimum absolute atomic E-state index is 0.0408. The van der Waals surface area contributed by atoms with Crippen molar-refractivity contribution in [1.29, 1.82) is 0 Å². The number of carbonyl (C=O) groups is 1. The minimum Gasteiger partial charge on any atom is -0.476 e. The lowest BCUT2D eigenvalue weighted by molar-refractivity contribution is -0.227. The molecule has 6 nitrogen and oxygen atoms in total. The molecule has 3 aliphatic carbocycles. The van der Waals surface area contributed by atoms with E-state index in [1.54, 1.807) is 6.21 Å². The number of hydrazone groups is 1. The Morgan fingerprint density at radius 2 is 1.90 bits per heavy atom. The summed E-state index contributed by atoms with van der Waals surface area (Å²) in [4.78, 5) is 21.1. The maximum absolute atomic E-state index is 13.6. The Morgan fingerprint density at radius 1 is 1.17 bits per heavy atom. The summed E-state index contributed by atoms with van der Waals surface area (Å²) in [6.07, 6.45) is 7.06. The second-order valence-electron chi connectivity index (χ2n) is 8.18. The smallest absolute Gasteiger partial charge is 0.249 e. The molecule has 1 unspecified atom stereocenters. The number of ether oxygens (including phenoxy) is 1. The quantitative estimate of drug-likeness (QED) is 0.738. The van der Waals surface area contributed by atoms with E-state index in [1.165, 1.54) is 29.5 Å². The van der Waals surface area contributed by atoms with Crippen LogP contribution in [0.15, 0.2) is 35.7 Å². The highest BCUT2D eigenvalue weighted by Gasteiger charge is 2.73. The fourth-order valence-corrected chi connectivity index (χ4v) is 4.97. The molecule has 9 heteroatoms. The second-order valence-corrected chi connectivity index (χ2v) is 8.57. The van der Waals surface area contributed by atoms with Gasteiger partial charge in [-0.25, -0.2) is 23.8 Å². The lowest BCUT2D eigenvalue weighted by Gasteiger charge is -2.69. The fraction of sp³-hybridized carbons (Fsp3) is 0.400. The van der Waals surface area contributed by atoms with Crippen LogP contribution in [0.3, 0.4) is 0 Å². The predicted octanol–water partition coefficient (Wildman–Crippen LogP) is 3.92. The van der Waals surface area contributed by atoms with Gasteiger partial charge in [-0.2, -0.15) is 5.10 Å². The molecule has 1 aromatic carbocycles. The van der Waals surface area contributed by atoms with Gasteiger partial charge in [0.1, 0.15) is 16.8 Å². The summed E-state index contributed by atoms with van der Waals surface area (Å²) in [6.45, 7) is 0.458. The lowest BCUT2D eigenvalue weighted by atomic mass is 9.35. The van der Waals surface area contributed by atoms with Crippen LogP contribution < -0.4 is 4.74 Å². The fourth-order valence-electron chi connectivity index (χ4n) is 4.88. The molecule has 1 aliphatic heterocycles. The molecule has 3 saturated carbocycles. The van der Waals surface area contributed by atoms with Crippen LogP contribution in [0.4, 0.5) is 8.78 Å². The molecule has 1 aromatic heterocycles. The van der Waals surface area contributed by atoms with Crippen molar-refractivity contribution in [2.75, 3.05) is 6.61 Å². The number of benzene rings is 1. The van der Waals surface area contributed by atoms with Crippen LogP contribution in [0.5, 0.6) is 5.88 Å². The van der Waals surface area contributed by atoms with Crippen molar-refractivity contribution in [3.05, 3.63) is 52.9 Å². The van der Waals surface area contributed by atoms with Crippen molar-refractivity contribution in [3.63, 3.8) is 0 Å². The Balaban J connectivity index is 1.23. The maximum atomic E-state index is 13.6. The summed E-state index contributed by atoms with van der Waals surface area (Å²) in [6, 6.07) is 2.86. The molecule has 150 valence electrons. The number of hydrogen-bond acceptors (Lipinski definition) is 5. The van der Waals surface area contributed by atoms with Crippen LogP contribution in [0.1, 0.15) is 37.3 Å². The first-order chi connectivity index (χ1) is 13.9. The largest absolute Gasteiger partial charge is 0.476 e. The van der Waals surface area contributed by atoms with Crippen LogP contribution >= 0.6 is 11.6 Å². The molecule has 4 aliphatic rings. The van der Waals surface area contributed by atoms with E-state index in [2.05, 4.69) is 15.1 Å². The molecular weight excluding hydrogens is 402 g/mol. The van der Waals surface area contributed by atoms with Crippen molar-refractivity contribution in [1.82, 2.24) is 15.0 Å². The van der Waals surface area contributed by atoms with E-state index in [0.717, 1.165) is 6.07 Å². The molecule has 0 saturated heterocycles. The van der Waals surface area contributed by atoms with Gasteiger partial charge in [-0.05, 0) is 37.0 Å². The summed E-state index contributed by atoms with van der Waals surface area (Å²) in [7, 11) is 0. The van der Waals surface area contributed by atoms with Gasteiger partial charge >= 0.3 is 0 Å². The third-order valence-corrected chi connectivity index (χ3v) is 6.22. The van der Waals surface area contributed by atoms with Crippen molar-refractivity contribution in [2.24, 2.45) is 15.9 Å². The molecule has 2 heterocycles. The number of hydrogen-bond donors (Lipinski definition) is 0. The highest BCUT2D eigenvalue weighted by Crippen LogP contribution is 2.74. The lowest BCUT2D eigenvalue weighted by Crippen LogP contribution is -2.69. The van der Waals surface area contributed by atoms with Crippen LogP contribution in [-0.2, 0) is 4.79 Å². The topological polar surface area (TPSA) is 67.7 Å². The van der Waals surface area contributed by atoms with Gasteiger partial charge in [-0.15, -0.1) is 0 Å². The Bertz CT molecular complexity index is 974. The third kappa shape index (κ3) is 3.06. The van der Waals surface area contributed by atoms with E-state index < -0.39 is 23.1 Å². The van der Waals surface area contributed by atoms with Crippen molar-refractivity contribution < 1.29 is 18.3 Å². The van der Waals surface area contributed by atoms with E-state index in [9.17, 15) is 13.6 Å². The average molecular weight is 419 g/mol. The zero-order valence-electron chi connectivity index (χ0n) is 15.3. The average Bonchev–Trinajstić information content (AvgIpc) is 3.10. The summed E-state index contributed by atoms with van der Waals surface area (Å²) in [5.41, 5.74) is -0.0823. The molecule has 1 atom stereocenters. The maximum Gasteiger partial charge on any atom is 0.249 e. The highest BCUT2D eigenvalue weighted by molar-refractivity contribution is 6.29. The van der Waals surface area contributed by atoms with Gasteiger partial charge in [0.15, 0.2) is 0 Å². The number of carbonyl (C=O) groups excluding carboxylic acids is 1. The Morgan fingerprint density at radius 3 is 2.55 bits per heavy atom. The second kappa shape index (κ2) is 6.45. The molecule has 2 aromatic rings. The van der Waals surface area contributed by atoms with Gasteiger partial charge in [0.05, 0.1) is 30.5 Å². The first-order valence-electron chi connectivity index (χ1n) is 9.31. The van der Waals surface area contributed by atoms with E-state index in [0.29, 0.717) is 48.9 Å². The first-order valence-corrected chi connectivity index (χ1v) is 9.68. The van der Waals surface area contributed by atoms with Crippen LogP contribution in [0.25, 0.3) is 0 Å². The highest BCUT2D eigenvalue weighted by atomic mass is 35.5. The molecule has 0 spiro atoms. The van der Waals surface area contributed by atoms with Crippen molar-refractivity contribution in [2.45, 2.75) is 31.7 Å². The minimum atomic E-state index is -0.661. The number of rotatable bonds is 5. The van der Waals surface area contributed by atoms with Gasteiger partial charge < -0.3 is 4.74 Å². The summed E-state index contributed by atoms with van der Waals surface area (Å²) in [5.74, 6) is -1.01. The predicted molar refractivity (Wildman–Crippen MR) is 100 cm³/mol. The monoisotopic (exact) mass is 418 g/mol. The number of aromatic nitrogens is 2. The molecule has 6 rings (SSSR count). The molecule has 0 radical (unpaired) electrons. The Kier molecular flexibility index (Phi) is 4.10. The third-order valence-electron chi connectivity index (χ3n) is 6.02. The van der Waals surface area contributed by atoms with E-state index >= 15 is 0 Å². The van der Waals surface area contributed by atoms with Crippen molar-refractivity contribution in [3.8, 4) is 5.88 Å². The Labute approximate surface area is 170 Å². The molecule has 29 heavy (non-hydrogen) atoms. The van der Waals surface area contributed by atoms with E-state index in [4.69, 9.17) is 16.3 Å². The number of amides is 1. The van der Waals surface area contributed by atoms with Gasteiger partial charge in [-0.3, -0.25) is 4.79 Å². The van der Waals surface area contributed by atoms with E-state index in [-0.39, 0.29) is 11.3 Å². The molecule has 3 fully saturated rings. The summed E-state index contributed by atoms with van der Waals surface area (Å²) in [5, 5.41) is 5.89. The molecule has 2 bridgehead atoms. The standard InChI is InChI=1S/C20H17ClF2N4O2/c21-16-6-25-17(7-24-16)29-11-19-8-20(9-19,10-19)18(28)27-15(1-2-26-27)12-3-13(22)5-14(23)4-12/h2-7,15H,1,8-11H2. The number of nitrogens with zero attached hydrogens (tertiary/aromatic N) is 4. The van der Waals surface area contributed by atoms with Gasteiger partial charge in [0, 0.05) is 24.1 Å². The van der Waals surface area contributed by atoms with E-state index in [1.807, 2.05) is 0 Å². The Hall–Kier alpha value is -2.61. The molecule has 1 amide bonds. The zero-order chi connectivity index (χ0) is 20.2. The van der Waals surface area contributed by atoms with Crippen LogP contribution in [0, 0.1) is 22.5 Å². The number of halogens is 3. The summed E-state index contributed by atoms with van der Waals surface area (Å²) >= 11 is 5.71.